The molecule has 3 aliphatic heterocycles. The second kappa shape index (κ2) is 10.8. The van der Waals surface area contributed by atoms with Gasteiger partial charge in [0.15, 0.2) is 0 Å². The number of rotatable bonds is 6. The monoisotopic (exact) mass is 574 g/mol. The molecule has 3 aliphatic rings. The van der Waals surface area contributed by atoms with Gasteiger partial charge in [0.2, 0.25) is 5.91 Å². The molecular weight excluding hydrogens is 538 g/mol. The van der Waals surface area contributed by atoms with Crippen molar-refractivity contribution in [3.63, 3.8) is 0 Å². The van der Waals surface area contributed by atoms with Gasteiger partial charge in [0.25, 0.3) is 5.91 Å². The third-order valence-corrected chi connectivity index (χ3v) is 8.77. The molecule has 1 fully saturated rings. The highest BCUT2D eigenvalue weighted by Gasteiger charge is 2.42. The molecule has 4 heterocycles. The van der Waals surface area contributed by atoms with E-state index in [-0.39, 0.29) is 54.0 Å². The smallest absolute Gasteiger partial charge is 0.254 e. The van der Waals surface area contributed by atoms with E-state index in [2.05, 4.69) is 41.2 Å². The highest BCUT2D eigenvalue weighted by atomic mass is 19.1. The van der Waals surface area contributed by atoms with E-state index in [0.717, 1.165) is 22.5 Å². The summed E-state index contributed by atoms with van der Waals surface area (Å²) >= 11 is 0. The Labute approximate surface area is 244 Å². The molecular formula is C32H36F2N6O2. The number of amides is 2. The lowest BCUT2D eigenvalue weighted by molar-refractivity contribution is -0.120. The summed E-state index contributed by atoms with van der Waals surface area (Å²) < 4.78 is 28.0. The van der Waals surface area contributed by atoms with Crippen LogP contribution in [0.1, 0.15) is 59.2 Å². The second-order valence-electron chi connectivity index (χ2n) is 12.5. The molecule has 0 saturated carbocycles. The van der Waals surface area contributed by atoms with Crippen LogP contribution in [0.15, 0.2) is 42.5 Å². The average molecular weight is 575 g/mol. The summed E-state index contributed by atoms with van der Waals surface area (Å²) in [5.74, 6) is -0.855. The molecule has 3 aromatic rings. The number of benzene rings is 2. The molecule has 1 N–H and O–H groups in total. The lowest BCUT2D eigenvalue weighted by Gasteiger charge is -2.41. The first-order chi connectivity index (χ1) is 20.0. The predicted molar refractivity (Wildman–Crippen MR) is 155 cm³/mol. The zero-order valence-corrected chi connectivity index (χ0v) is 24.5. The Hall–Kier alpha value is -3.76. The topological polar surface area (TPSA) is 81.7 Å². The minimum absolute atomic E-state index is 0.0417. The van der Waals surface area contributed by atoms with Crippen molar-refractivity contribution in [2.24, 2.45) is 0 Å². The minimum Gasteiger partial charge on any atom is -0.333 e. The van der Waals surface area contributed by atoms with Gasteiger partial charge in [0.1, 0.15) is 11.6 Å². The van der Waals surface area contributed by atoms with Crippen LogP contribution in [-0.4, -0.2) is 76.6 Å². The SMILES string of the molecule is Cc1cc(F)ccc1Cc1cc2c(nn1)C(C)(C)CN2C(=O)CN1C[C@@H](C)NC[C@@H]1CN1Cc2c(F)cccc2C1=O. The fraction of sp³-hybridized carbons (Fsp3) is 0.438. The number of hydrogen-bond acceptors (Lipinski definition) is 6. The number of nitrogens with one attached hydrogen (secondary N) is 1. The third-order valence-electron chi connectivity index (χ3n) is 8.77. The number of piperazine rings is 1. The first-order valence-electron chi connectivity index (χ1n) is 14.5. The predicted octanol–water partition coefficient (Wildman–Crippen LogP) is 3.60. The molecule has 10 heteroatoms. The lowest BCUT2D eigenvalue weighted by atomic mass is 9.91. The van der Waals surface area contributed by atoms with E-state index in [1.165, 1.54) is 18.2 Å². The standard InChI is InChI=1S/C32H36F2N6O2/c1-19-10-22(33)9-8-21(19)11-23-12-28-30(37-36-23)32(3,4)18-40(28)29(41)17-38-14-20(2)35-13-24(38)15-39-16-26-25(31(39)42)6-5-7-27(26)34/h5-10,12,20,24,35H,11,13-18H2,1-4H3/t20-,24-/m1/s1. The van der Waals surface area contributed by atoms with Crippen LogP contribution in [0.3, 0.4) is 0 Å². The fourth-order valence-electron chi connectivity index (χ4n) is 6.44. The Kier molecular flexibility index (Phi) is 7.31. The summed E-state index contributed by atoms with van der Waals surface area (Å²) in [7, 11) is 0. The van der Waals surface area contributed by atoms with Gasteiger partial charge in [-0.15, -0.1) is 0 Å². The maximum atomic E-state index is 14.4. The maximum Gasteiger partial charge on any atom is 0.254 e. The Morgan fingerprint density at radius 3 is 2.71 bits per heavy atom. The van der Waals surface area contributed by atoms with E-state index >= 15 is 0 Å². The molecule has 0 bridgehead atoms. The van der Waals surface area contributed by atoms with Crippen LogP contribution in [0.4, 0.5) is 14.5 Å². The lowest BCUT2D eigenvalue weighted by Crippen LogP contribution is -2.60. The molecule has 0 spiro atoms. The first kappa shape index (κ1) is 28.4. The summed E-state index contributed by atoms with van der Waals surface area (Å²) in [5.41, 5.74) is 4.54. The van der Waals surface area contributed by atoms with Crippen LogP contribution >= 0.6 is 0 Å². The van der Waals surface area contributed by atoms with Crippen LogP contribution in [0.5, 0.6) is 0 Å². The Morgan fingerprint density at radius 1 is 1.14 bits per heavy atom. The second-order valence-corrected chi connectivity index (χ2v) is 12.5. The molecule has 0 aliphatic carbocycles. The van der Waals surface area contributed by atoms with Crippen molar-refractivity contribution in [2.75, 3.05) is 37.6 Å². The van der Waals surface area contributed by atoms with Gasteiger partial charge >= 0.3 is 0 Å². The highest BCUT2D eigenvalue weighted by Crippen LogP contribution is 2.39. The molecule has 1 aromatic heterocycles. The number of hydrogen-bond donors (Lipinski definition) is 1. The van der Waals surface area contributed by atoms with Crippen LogP contribution in [0, 0.1) is 18.6 Å². The zero-order valence-electron chi connectivity index (χ0n) is 24.5. The molecule has 0 unspecified atom stereocenters. The molecule has 1 saturated heterocycles. The quantitative estimate of drug-likeness (QED) is 0.485. The number of aromatic nitrogens is 2. The van der Waals surface area contributed by atoms with Crippen molar-refractivity contribution in [1.82, 2.24) is 25.3 Å². The molecule has 6 rings (SSSR count). The van der Waals surface area contributed by atoms with Crippen LogP contribution in [0.25, 0.3) is 0 Å². The molecule has 2 amide bonds. The summed E-state index contributed by atoms with van der Waals surface area (Å²) in [6.07, 6.45) is 0.485. The van der Waals surface area contributed by atoms with Crippen molar-refractivity contribution >= 4 is 17.5 Å². The van der Waals surface area contributed by atoms with Crippen molar-refractivity contribution in [1.29, 1.82) is 0 Å². The molecule has 2 aromatic carbocycles. The van der Waals surface area contributed by atoms with Gasteiger partial charge in [-0.25, -0.2) is 8.78 Å². The van der Waals surface area contributed by atoms with Gasteiger partial charge < -0.3 is 15.1 Å². The molecule has 42 heavy (non-hydrogen) atoms. The largest absolute Gasteiger partial charge is 0.333 e. The van der Waals surface area contributed by atoms with E-state index in [0.29, 0.717) is 49.4 Å². The van der Waals surface area contributed by atoms with E-state index in [4.69, 9.17) is 0 Å². The van der Waals surface area contributed by atoms with Gasteiger partial charge in [0, 0.05) is 67.8 Å². The van der Waals surface area contributed by atoms with Gasteiger partial charge in [-0.3, -0.25) is 14.5 Å². The van der Waals surface area contributed by atoms with E-state index in [9.17, 15) is 18.4 Å². The molecule has 0 radical (unpaired) electrons. The van der Waals surface area contributed by atoms with E-state index < -0.39 is 0 Å². The average Bonchev–Trinajstić information content (AvgIpc) is 3.40. The maximum absolute atomic E-state index is 14.4. The molecule has 2 atom stereocenters. The van der Waals surface area contributed by atoms with Crippen LogP contribution < -0.4 is 10.2 Å². The zero-order chi connectivity index (χ0) is 29.8. The number of nitrogens with zero attached hydrogens (tertiary/aromatic N) is 5. The number of halogens is 2. The minimum atomic E-state index is -0.365. The molecule has 8 nitrogen and oxygen atoms in total. The normalized spacial score (nSPS) is 21.5. The Bertz CT molecular complexity index is 1560. The van der Waals surface area contributed by atoms with Crippen molar-refractivity contribution < 1.29 is 18.4 Å². The Morgan fingerprint density at radius 2 is 1.95 bits per heavy atom. The van der Waals surface area contributed by atoms with Crippen LogP contribution in [-0.2, 0) is 23.2 Å². The number of carbonyl (C=O) groups excluding carboxylic acids is 2. The van der Waals surface area contributed by atoms with Gasteiger partial charge in [0.05, 0.1) is 23.6 Å². The first-order valence-corrected chi connectivity index (χ1v) is 14.5. The Balaban J connectivity index is 1.20. The molecule has 220 valence electrons. The van der Waals surface area contributed by atoms with E-state index in [1.807, 2.05) is 13.0 Å². The van der Waals surface area contributed by atoms with Crippen LogP contribution in [0.2, 0.25) is 0 Å². The van der Waals surface area contributed by atoms with Crippen molar-refractivity contribution in [3.05, 3.63) is 87.7 Å². The highest BCUT2D eigenvalue weighted by molar-refractivity contribution is 5.98. The number of carbonyl (C=O) groups is 2. The van der Waals surface area contributed by atoms with Crippen molar-refractivity contribution in [2.45, 2.75) is 58.2 Å². The van der Waals surface area contributed by atoms with Gasteiger partial charge in [-0.05, 0) is 55.3 Å². The van der Waals surface area contributed by atoms with Gasteiger partial charge in [-0.2, -0.15) is 10.2 Å². The third kappa shape index (κ3) is 5.29. The van der Waals surface area contributed by atoms with Gasteiger partial charge in [-0.1, -0.05) is 26.0 Å². The summed E-state index contributed by atoms with van der Waals surface area (Å²) in [5, 5.41) is 12.5. The van der Waals surface area contributed by atoms with Crippen molar-refractivity contribution in [3.8, 4) is 0 Å². The number of aryl methyl sites for hydroxylation is 1. The number of fused-ring (bicyclic) bond motifs is 2. The summed E-state index contributed by atoms with van der Waals surface area (Å²) in [4.78, 5) is 32.6. The number of anilines is 1. The summed E-state index contributed by atoms with van der Waals surface area (Å²) in [6.45, 7) is 10.6. The van der Waals surface area contributed by atoms with E-state index in [1.54, 1.807) is 28.0 Å². The summed E-state index contributed by atoms with van der Waals surface area (Å²) in [6, 6.07) is 11.3. The fourth-order valence-corrected chi connectivity index (χ4v) is 6.44.